The molecule has 5 heteroatoms. The second-order valence-corrected chi connectivity index (χ2v) is 3.26. The van der Waals surface area contributed by atoms with Crippen LogP contribution in [-0.2, 0) is 11.2 Å². The first kappa shape index (κ1) is 11.6. The van der Waals surface area contributed by atoms with Gasteiger partial charge in [0.15, 0.2) is 0 Å². The van der Waals surface area contributed by atoms with E-state index in [1.807, 2.05) is 0 Å². The Hall–Kier alpha value is -1.52. The second-order valence-electron chi connectivity index (χ2n) is 3.26. The van der Waals surface area contributed by atoms with E-state index in [2.05, 4.69) is 0 Å². The van der Waals surface area contributed by atoms with Gasteiger partial charge in [-0.15, -0.1) is 0 Å². The number of hydrogen-bond donors (Lipinski definition) is 1. The highest BCUT2D eigenvalue weighted by Gasteiger charge is 2.39. The van der Waals surface area contributed by atoms with Crippen LogP contribution in [0.3, 0.4) is 0 Å². The Labute approximate surface area is 84.3 Å². The molecule has 0 aliphatic heterocycles. The molecule has 1 aromatic rings. The highest BCUT2D eigenvalue weighted by Crippen LogP contribution is 2.22. The van der Waals surface area contributed by atoms with Gasteiger partial charge in [0.1, 0.15) is 5.82 Å². The number of carbonyl (C=O) groups is 1. The third-order valence-electron chi connectivity index (χ3n) is 2.04. The zero-order valence-corrected chi connectivity index (χ0v) is 7.93. The Morgan fingerprint density at radius 2 is 2.07 bits per heavy atom. The molecule has 0 heterocycles. The summed E-state index contributed by atoms with van der Waals surface area (Å²) in [7, 11) is 0. The van der Waals surface area contributed by atoms with Crippen LogP contribution in [0.2, 0.25) is 0 Å². The first-order chi connectivity index (χ1) is 6.83. The Kier molecular flexibility index (Phi) is 3.02. The number of hydrogen-bond acceptors (Lipinski definition) is 1. The van der Waals surface area contributed by atoms with Crippen LogP contribution in [0, 0.1) is 12.7 Å². The lowest BCUT2D eigenvalue weighted by Gasteiger charge is -2.12. The number of aryl methyl sites for hydroxylation is 1. The van der Waals surface area contributed by atoms with Crippen molar-refractivity contribution in [2.45, 2.75) is 19.3 Å². The van der Waals surface area contributed by atoms with Crippen LogP contribution in [0.15, 0.2) is 18.2 Å². The molecule has 0 amide bonds. The third kappa shape index (κ3) is 2.71. The van der Waals surface area contributed by atoms with Crippen molar-refractivity contribution in [3.05, 3.63) is 35.1 Å². The van der Waals surface area contributed by atoms with Gasteiger partial charge in [0, 0.05) is 6.42 Å². The van der Waals surface area contributed by atoms with Gasteiger partial charge in [0.25, 0.3) is 0 Å². The fourth-order valence-electron chi connectivity index (χ4n) is 1.15. The molecule has 0 aliphatic carbocycles. The summed E-state index contributed by atoms with van der Waals surface area (Å²) in [5, 5.41) is 8.22. The topological polar surface area (TPSA) is 37.3 Å². The average Bonchev–Trinajstić information content (AvgIpc) is 2.10. The van der Waals surface area contributed by atoms with Crippen LogP contribution in [-0.4, -0.2) is 17.0 Å². The molecule has 82 valence electrons. The molecule has 1 aromatic carbocycles. The first-order valence-corrected chi connectivity index (χ1v) is 4.19. The standard InChI is InChI=1S/C10H9F3O2/c1-6-2-3-8(11)4-7(6)5-10(12,13)9(14)15/h2-4H,5H2,1H3,(H,14,15). The van der Waals surface area contributed by atoms with Gasteiger partial charge in [-0.25, -0.2) is 9.18 Å². The highest BCUT2D eigenvalue weighted by molar-refractivity contribution is 5.75. The van der Waals surface area contributed by atoms with Crippen LogP contribution in [0.1, 0.15) is 11.1 Å². The lowest BCUT2D eigenvalue weighted by atomic mass is 10.0. The zero-order chi connectivity index (χ0) is 11.6. The number of carboxylic acid groups (broad SMARTS) is 1. The Morgan fingerprint density at radius 3 is 2.60 bits per heavy atom. The summed E-state index contributed by atoms with van der Waals surface area (Å²) in [5.74, 6) is -6.72. The molecule has 0 unspecified atom stereocenters. The molecule has 0 aromatic heterocycles. The smallest absolute Gasteiger partial charge is 0.374 e. The van der Waals surface area contributed by atoms with E-state index in [4.69, 9.17) is 5.11 Å². The van der Waals surface area contributed by atoms with Crippen molar-refractivity contribution in [2.75, 3.05) is 0 Å². The van der Waals surface area contributed by atoms with Crippen LogP contribution >= 0.6 is 0 Å². The zero-order valence-electron chi connectivity index (χ0n) is 7.93. The minimum absolute atomic E-state index is 0.00222. The summed E-state index contributed by atoms with van der Waals surface area (Å²) in [6.07, 6.45) is -0.994. The van der Waals surface area contributed by atoms with E-state index < -0.39 is 24.1 Å². The van der Waals surface area contributed by atoms with Crippen LogP contribution in [0.4, 0.5) is 13.2 Å². The fourth-order valence-corrected chi connectivity index (χ4v) is 1.15. The fraction of sp³-hybridized carbons (Fsp3) is 0.300. The van der Waals surface area contributed by atoms with E-state index in [0.29, 0.717) is 5.56 Å². The molecule has 1 rings (SSSR count). The molecule has 0 fully saturated rings. The highest BCUT2D eigenvalue weighted by atomic mass is 19.3. The summed E-state index contributed by atoms with van der Waals surface area (Å²) in [6.45, 7) is 1.52. The monoisotopic (exact) mass is 218 g/mol. The largest absolute Gasteiger partial charge is 0.477 e. The molecule has 0 spiro atoms. The average molecular weight is 218 g/mol. The molecule has 0 saturated heterocycles. The first-order valence-electron chi connectivity index (χ1n) is 4.19. The Balaban J connectivity index is 2.99. The maximum atomic E-state index is 12.8. The summed E-state index contributed by atoms with van der Waals surface area (Å²) in [5.41, 5.74) is 0.444. The Morgan fingerprint density at radius 1 is 1.47 bits per heavy atom. The van der Waals surface area contributed by atoms with Gasteiger partial charge in [-0.1, -0.05) is 6.07 Å². The maximum absolute atomic E-state index is 12.8. The van der Waals surface area contributed by atoms with Crippen LogP contribution in [0.5, 0.6) is 0 Å². The van der Waals surface area contributed by atoms with Crippen molar-refractivity contribution in [3.8, 4) is 0 Å². The van der Waals surface area contributed by atoms with Crippen molar-refractivity contribution in [3.63, 3.8) is 0 Å². The molecule has 0 atom stereocenters. The van der Waals surface area contributed by atoms with Gasteiger partial charge in [-0.3, -0.25) is 0 Å². The molecular formula is C10H9F3O2. The predicted molar refractivity (Wildman–Crippen MR) is 47.4 cm³/mol. The van der Waals surface area contributed by atoms with Gasteiger partial charge in [0.05, 0.1) is 0 Å². The number of carboxylic acids is 1. The molecule has 0 aliphatic rings. The molecule has 0 radical (unpaired) electrons. The molecule has 0 saturated carbocycles. The summed E-state index contributed by atoms with van der Waals surface area (Å²) in [6, 6.07) is 3.40. The van der Waals surface area contributed by atoms with E-state index in [9.17, 15) is 18.0 Å². The summed E-state index contributed by atoms with van der Waals surface area (Å²) < 4.78 is 38.4. The van der Waals surface area contributed by atoms with E-state index in [-0.39, 0.29) is 5.56 Å². The van der Waals surface area contributed by atoms with E-state index in [0.717, 1.165) is 12.1 Å². The van der Waals surface area contributed by atoms with Crippen LogP contribution in [0.25, 0.3) is 0 Å². The van der Waals surface area contributed by atoms with Crippen molar-refractivity contribution >= 4 is 5.97 Å². The quantitative estimate of drug-likeness (QED) is 0.845. The maximum Gasteiger partial charge on any atom is 0.374 e. The van der Waals surface area contributed by atoms with Gasteiger partial charge >= 0.3 is 11.9 Å². The van der Waals surface area contributed by atoms with Gasteiger partial charge in [0.2, 0.25) is 0 Å². The minimum atomic E-state index is -3.86. The molecule has 2 nitrogen and oxygen atoms in total. The van der Waals surface area contributed by atoms with Crippen molar-refractivity contribution < 1.29 is 23.1 Å². The Bertz CT molecular complexity index is 388. The molecule has 0 bridgehead atoms. The lowest BCUT2D eigenvalue weighted by molar-refractivity contribution is -0.164. The SMILES string of the molecule is Cc1ccc(F)cc1CC(F)(F)C(=O)O. The predicted octanol–water partition coefficient (Wildman–Crippen LogP) is 2.40. The van der Waals surface area contributed by atoms with Crippen molar-refractivity contribution in [1.82, 2.24) is 0 Å². The number of halogens is 3. The second kappa shape index (κ2) is 3.92. The molecule has 15 heavy (non-hydrogen) atoms. The third-order valence-corrected chi connectivity index (χ3v) is 2.04. The van der Waals surface area contributed by atoms with Gasteiger partial charge in [-0.2, -0.15) is 8.78 Å². The van der Waals surface area contributed by atoms with Crippen molar-refractivity contribution in [1.29, 1.82) is 0 Å². The van der Waals surface area contributed by atoms with E-state index in [1.165, 1.54) is 13.0 Å². The van der Waals surface area contributed by atoms with Crippen LogP contribution < -0.4 is 0 Å². The number of rotatable bonds is 3. The van der Waals surface area contributed by atoms with Crippen molar-refractivity contribution in [2.24, 2.45) is 0 Å². The number of alkyl halides is 2. The van der Waals surface area contributed by atoms with E-state index in [1.54, 1.807) is 0 Å². The molecule has 1 N–H and O–H groups in total. The summed E-state index contributed by atoms with van der Waals surface area (Å²) in [4.78, 5) is 10.2. The number of aliphatic carboxylic acids is 1. The summed E-state index contributed by atoms with van der Waals surface area (Å²) >= 11 is 0. The normalized spacial score (nSPS) is 11.5. The lowest BCUT2D eigenvalue weighted by Crippen LogP contribution is -2.31. The van der Waals surface area contributed by atoms with Gasteiger partial charge < -0.3 is 5.11 Å². The number of benzene rings is 1. The van der Waals surface area contributed by atoms with Gasteiger partial charge in [-0.05, 0) is 30.2 Å². The van der Waals surface area contributed by atoms with E-state index >= 15 is 0 Å². The molecular weight excluding hydrogens is 209 g/mol. The minimum Gasteiger partial charge on any atom is -0.477 e.